The molecular formula is C19H29N3O3S. The van der Waals surface area contributed by atoms with Crippen LogP contribution in [0.5, 0.6) is 0 Å². The van der Waals surface area contributed by atoms with Crippen LogP contribution in [0.4, 0.5) is 0 Å². The van der Waals surface area contributed by atoms with Crippen molar-refractivity contribution in [1.82, 2.24) is 15.1 Å². The van der Waals surface area contributed by atoms with Crippen molar-refractivity contribution in [2.24, 2.45) is 0 Å². The van der Waals surface area contributed by atoms with Gasteiger partial charge in [0.05, 0.1) is 0 Å². The molecule has 2 aliphatic rings. The predicted molar refractivity (Wildman–Crippen MR) is 102 cm³/mol. The van der Waals surface area contributed by atoms with E-state index in [1.807, 2.05) is 21.7 Å². The van der Waals surface area contributed by atoms with Crippen molar-refractivity contribution >= 4 is 23.2 Å². The van der Waals surface area contributed by atoms with Crippen molar-refractivity contribution < 1.29 is 14.3 Å². The van der Waals surface area contributed by atoms with Gasteiger partial charge in [-0.3, -0.25) is 14.5 Å². The molecular weight excluding hydrogens is 350 g/mol. The fourth-order valence-electron chi connectivity index (χ4n) is 3.99. The Kier molecular flexibility index (Phi) is 7.05. The summed E-state index contributed by atoms with van der Waals surface area (Å²) < 4.78 is 5.53. The number of nitrogens with zero attached hydrogens (tertiary/aromatic N) is 2. The van der Waals surface area contributed by atoms with E-state index >= 15 is 0 Å². The predicted octanol–water partition coefficient (Wildman–Crippen LogP) is 1.97. The van der Waals surface area contributed by atoms with Crippen molar-refractivity contribution in [1.29, 1.82) is 0 Å². The van der Waals surface area contributed by atoms with E-state index in [1.165, 1.54) is 11.3 Å². The van der Waals surface area contributed by atoms with Gasteiger partial charge in [0, 0.05) is 69.3 Å². The molecule has 0 bridgehead atoms. The third-order valence-corrected chi connectivity index (χ3v) is 6.09. The van der Waals surface area contributed by atoms with Crippen molar-refractivity contribution in [3.8, 4) is 0 Å². The summed E-state index contributed by atoms with van der Waals surface area (Å²) in [7, 11) is 0. The molecule has 2 fully saturated rings. The minimum atomic E-state index is -0.00724. The van der Waals surface area contributed by atoms with Crippen LogP contribution in [0.2, 0.25) is 0 Å². The summed E-state index contributed by atoms with van der Waals surface area (Å²) in [5.41, 5.74) is 0.730. The highest BCUT2D eigenvalue weighted by Gasteiger charge is 2.31. The number of hydrogen-bond acceptors (Lipinski definition) is 5. The van der Waals surface area contributed by atoms with Crippen LogP contribution in [0.1, 0.15) is 43.0 Å². The van der Waals surface area contributed by atoms with Crippen LogP contribution >= 0.6 is 11.3 Å². The molecule has 3 rings (SSSR count). The van der Waals surface area contributed by atoms with Crippen molar-refractivity contribution in [2.45, 2.75) is 44.7 Å². The van der Waals surface area contributed by atoms with Gasteiger partial charge in [-0.05, 0) is 37.1 Å². The fraction of sp³-hybridized carbons (Fsp3) is 0.684. The molecule has 2 saturated heterocycles. The Morgan fingerprint density at radius 1 is 1.31 bits per heavy atom. The van der Waals surface area contributed by atoms with Gasteiger partial charge < -0.3 is 15.0 Å². The lowest BCUT2D eigenvalue weighted by Crippen LogP contribution is -2.55. The first-order valence-electron chi connectivity index (χ1n) is 9.54. The second kappa shape index (κ2) is 9.48. The van der Waals surface area contributed by atoms with Crippen molar-refractivity contribution in [2.75, 3.05) is 39.4 Å². The fourth-order valence-corrected chi connectivity index (χ4v) is 4.62. The van der Waals surface area contributed by atoms with Crippen LogP contribution in [-0.4, -0.2) is 73.1 Å². The molecule has 6 nitrogen and oxygen atoms in total. The van der Waals surface area contributed by atoms with Gasteiger partial charge in [0.2, 0.25) is 5.91 Å². The van der Waals surface area contributed by atoms with Crippen LogP contribution in [0.3, 0.4) is 0 Å². The topological polar surface area (TPSA) is 61.9 Å². The third-order valence-electron chi connectivity index (χ3n) is 5.41. The summed E-state index contributed by atoms with van der Waals surface area (Å²) in [6.45, 7) is 6.35. The third kappa shape index (κ3) is 5.05. The number of carbonyl (C=O) groups excluding carboxylic acids is 2. The first-order valence-corrected chi connectivity index (χ1v) is 10.5. The molecule has 0 aliphatic carbocycles. The standard InChI is InChI=1S/C19H29N3O3S/c1-15(23)21-8-2-3-18(13-21)22(17-4-10-25-11-5-17)9-7-20-19(24)16-6-12-26-14-16/h6,12,14,17-18H,2-5,7-11,13H2,1H3,(H,20,24). The molecule has 0 spiro atoms. The molecule has 3 heterocycles. The number of carbonyl (C=O) groups is 2. The number of amides is 2. The first kappa shape index (κ1) is 19.3. The van der Waals surface area contributed by atoms with Crippen LogP contribution in [0.15, 0.2) is 16.8 Å². The number of nitrogens with one attached hydrogen (secondary N) is 1. The Balaban J connectivity index is 1.59. The molecule has 1 atom stereocenters. The average Bonchev–Trinajstić information content (AvgIpc) is 3.21. The van der Waals surface area contributed by atoms with Gasteiger partial charge in [-0.2, -0.15) is 11.3 Å². The molecule has 1 aromatic rings. The summed E-state index contributed by atoms with van der Waals surface area (Å²) >= 11 is 1.53. The second-order valence-corrected chi connectivity index (χ2v) is 7.89. The van der Waals surface area contributed by atoms with Crippen LogP contribution < -0.4 is 5.32 Å². The van der Waals surface area contributed by atoms with E-state index in [0.29, 0.717) is 18.6 Å². The van der Waals surface area contributed by atoms with Crippen molar-refractivity contribution in [3.05, 3.63) is 22.4 Å². The molecule has 0 radical (unpaired) electrons. The minimum Gasteiger partial charge on any atom is -0.381 e. The maximum atomic E-state index is 12.2. The highest BCUT2D eigenvalue weighted by Crippen LogP contribution is 2.23. The van der Waals surface area contributed by atoms with Gasteiger partial charge in [-0.15, -0.1) is 0 Å². The number of thiophene rings is 1. The molecule has 0 aromatic carbocycles. The zero-order valence-electron chi connectivity index (χ0n) is 15.5. The van der Waals surface area contributed by atoms with Crippen LogP contribution in [0.25, 0.3) is 0 Å². The quantitative estimate of drug-likeness (QED) is 0.821. The zero-order chi connectivity index (χ0) is 18.4. The highest BCUT2D eigenvalue weighted by molar-refractivity contribution is 7.08. The number of hydrogen-bond donors (Lipinski definition) is 1. The molecule has 1 aromatic heterocycles. The average molecular weight is 380 g/mol. The second-order valence-electron chi connectivity index (χ2n) is 7.11. The molecule has 7 heteroatoms. The van der Waals surface area contributed by atoms with E-state index in [-0.39, 0.29) is 11.8 Å². The Morgan fingerprint density at radius 3 is 2.81 bits per heavy atom. The molecule has 1 N–H and O–H groups in total. The van der Waals surface area contributed by atoms with Gasteiger partial charge in [0.15, 0.2) is 0 Å². The van der Waals surface area contributed by atoms with E-state index in [0.717, 1.165) is 64.1 Å². The molecule has 2 aliphatic heterocycles. The molecule has 2 amide bonds. The van der Waals surface area contributed by atoms with Crippen LogP contribution in [-0.2, 0) is 9.53 Å². The van der Waals surface area contributed by atoms with Crippen LogP contribution in [0, 0.1) is 0 Å². The molecule has 0 saturated carbocycles. The summed E-state index contributed by atoms with van der Waals surface area (Å²) in [6.07, 6.45) is 4.20. The summed E-state index contributed by atoms with van der Waals surface area (Å²) in [5, 5.41) is 6.83. The van der Waals surface area contributed by atoms with E-state index in [1.54, 1.807) is 6.92 Å². The Morgan fingerprint density at radius 2 is 2.12 bits per heavy atom. The Bertz CT molecular complexity index is 587. The Hall–Kier alpha value is -1.44. The number of likely N-dealkylation sites (tertiary alicyclic amines) is 1. The highest BCUT2D eigenvalue weighted by atomic mass is 32.1. The van der Waals surface area contributed by atoms with E-state index in [2.05, 4.69) is 10.2 Å². The lowest BCUT2D eigenvalue weighted by atomic mass is 9.98. The van der Waals surface area contributed by atoms with E-state index in [4.69, 9.17) is 4.74 Å². The lowest BCUT2D eigenvalue weighted by molar-refractivity contribution is -0.131. The number of piperidine rings is 1. The number of rotatable bonds is 6. The Labute approximate surface area is 159 Å². The molecule has 1 unspecified atom stereocenters. The smallest absolute Gasteiger partial charge is 0.252 e. The summed E-state index contributed by atoms with van der Waals surface area (Å²) in [4.78, 5) is 28.5. The SMILES string of the molecule is CC(=O)N1CCCC(N(CCNC(=O)c2ccsc2)C2CCOCC2)C1. The monoisotopic (exact) mass is 379 g/mol. The van der Waals surface area contributed by atoms with Gasteiger partial charge in [0.25, 0.3) is 5.91 Å². The van der Waals surface area contributed by atoms with Gasteiger partial charge in [-0.1, -0.05) is 0 Å². The number of ether oxygens (including phenoxy) is 1. The van der Waals surface area contributed by atoms with Crippen molar-refractivity contribution in [3.63, 3.8) is 0 Å². The van der Waals surface area contributed by atoms with Gasteiger partial charge in [-0.25, -0.2) is 0 Å². The first-order chi connectivity index (χ1) is 12.6. The van der Waals surface area contributed by atoms with E-state index < -0.39 is 0 Å². The van der Waals surface area contributed by atoms with Gasteiger partial charge >= 0.3 is 0 Å². The maximum absolute atomic E-state index is 12.2. The summed E-state index contributed by atoms with van der Waals surface area (Å²) in [6, 6.07) is 2.69. The van der Waals surface area contributed by atoms with Gasteiger partial charge in [0.1, 0.15) is 0 Å². The minimum absolute atomic E-state index is 0.00724. The summed E-state index contributed by atoms with van der Waals surface area (Å²) in [5.74, 6) is 0.152. The maximum Gasteiger partial charge on any atom is 0.252 e. The molecule has 144 valence electrons. The normalized spacial score (nSPS) is 21.8. The lowest BCUT2D eigenvalue weighted by Gasteiger charge is -2.44. The molecule has 26 heavy (non-hydrogen) atoms. The largest absolute Gasteiger partial charge is 0.381 e. The zero-order valence-corrected chi connectivity index (χ0v) is 16.3. The van der Waals surface area contributed by atoms with E-state index in [9.17, 15) is 9.59 Å².